The molecule has 0 spiro atoms. The molecule has 0 bridgehead atoms. The molecule has 0 fully saturated rings. The van der Waals surface area contributed by atoms with Gasteiger partial charge in [-0.2, -0.15) is 0 Å². The Hall–Kier alpha value is -0.563. The van der Waals surface area contributed by atoms with E-state index in [4.69, 9.17) is 0 Å². The molecule has 3 radical (unpaired) electrons. The van der Waals surface area contributed by atoms with Crippen molar-refractivity contribution >= 4 is 15.4 Å². The van der Waals surface area contributed by atoms with Crippen LogP contribution in [0.15, 0.2) is 24.3 Å². The average molecular weight is 133 g/mol. The zero-order chi connectivity index (χ0) is 6.69. The molecule has 0 N–H and O–H groups in total. The van der Waals surface area contributed by atoms with Gasteiger partial charge in [0.1, 0.15) is 0 Å². The summed E-state index contributed by atoms with van der Waals surface area (Å²) in [5.41, 5.74) is 1.39. The van der Waals surface area contributed by atoms with Crippen molar-refractivity contribution in [1.82, 2.24) is 0 Å². The molecule has 0 saturated heterocycles. The van der Waals surface area contributed by atoms with Crippen LogP contribution in [0.5, 0.6) is 0 Å². The van der Waals surface area contributed by atoms with Crippen LogP contribution in [0.4, 0.5) is 0 Å². The van der Waals surface area contributed by atoms with Crippen molar-refractivity contribution < 1.29 is 0 Å². The summed E-state index contributed by atoms with van der Waals surface area (Å²) < 4.78 is 0. The lowest BCUT2D eigenvalue weighted by atomic mass is 10.2. The molecule has 0 aliphatic rings. The van der Waals surface area contributed by atoms with Crippen molar-refractivity contribution in [2.75, 3.05) is 0 Å². The Morgan fingerprint density at radius 1 is 1.22 bits per heavy atom. The summed E-state index contributed by atoms with van der Waals surface area (Å²) in [6, 6.07) is 8.39. The summed E-state index contributed by atoms with van der Waals surface area (Å²) in [6.45, 7) is 2.16. The molecule has 9 heavy (non-hydrogen) atoms. The van der Waals surface area contributed by atoms with Crippen molar-refractivity contribution in [1.29, 1.82) is 0 Å². The van der Waals surface area contributed by atoms with Gasteiger partial charge in [0.25, 0.3) is 0 Å². The van der Waals surface area contributed by atoms with E-state index < -0.39 is 0 Å². The van der Waals surface area contributed by atoms with Crippen LogP contribution in [-0.2, 0) is 6.42 Å². The van der Waals surface area contributed by atoms with Gasteiger partial charge in [0, 0.05) is 0 Å². The Morgan fingerprint density at radius 2 is 1.78 bits per heavy atom. The molecule has 0 unspecified atom stereocenters. The summed E-state index contributed by atoms with van der Waals surface area (Å²) in [6.07, 6.45) is 1.12. The summed E-state index contributed by atoms with van der Waals surface area (Å²) in [7, 11) is 3.42. The summed E-state index contributed by atoms with van der Waals surface area (Å²) in [5, 5.41) is 1.15. The summed E-state index contributed by atoms with van der Waals surface area (Å²) in [4.78, 5) is 0. The molecule has 0 amide bonds. The monoisotopic (exact) mass is 133 g/mol. The smallest absolute Gasteiger partial charge is 0.0673 e. The van der Waals surface area contributed by atoms with E-state index in [2.05, 4.69) is 41.4 Å². The first-order valence-electron chi connectivity index (χ1n) is 3.13. The highest BCUT2D eigenvalue weighted by Crippen LogP contribution is 1.95. The maximum Gasteiger partial charge on any atom is 0.0711 e. The number of benzene rings is 1. The van der Waals surface area contributed by atoms with Crippen LogP contribution in [0.3, 0.4) is 0 Å². The molecule has 0 aliphatic carbocycles. The molecule has 1 aromatic rings. The average Bonchev–Trinajstić information content (AvgIpc) is 1.90. The van der Waals surface area contributed by atoms with Crippen LogP contribution >= 0.6 is 0 Å². The Bertz CT molecular complexity index is 176. The number of rotatable bonds is 1. The van der Waals surface area contributed by atoms with Gasteiger partial charge in [0.2, 0.25) is 0 Å². The van der Waals surface area contributed by atoms with Gasteiger partial charge in [-0.25, -0.2) is 0 Å². The van der Waals surface area contributed by atoms with Crippen molar-refractivity contribution in [2.24, 2.45) is 0 Å². The molecular weight excluding hydrogens is 124 g/mol. The molecule has 1 rings (SSSR count). The van der Waals surface area contributed by atoms with Crippen LogP contribution in [0, 0.1) is 0 Å². The van der Waals surface area contributed by atoms with E-state index in [1.54, 1.807) is 0 Å². The quantitative estimate of drug-likeness (QED) is 0.502. The third-order valence-corrected chi connectivity index (χ3v) is 1.70. The second kappa shape index (κ2) is 2.83. The molecule has 0 heterocycles. The van der Waals surface area contributed by atoms with Gasteiger partial charge >= 0.3 is 0 Å². The molecule has 1 heteroatoms. The van der Waals surface area contributed by atoms with E-state index in [0.717, 1.165) is 11.6 Å². The van der Waals surface area contributed by atoms with Gasteiger partial charge in [-0.1, -0.05) is 36.4 Å². The van der Waals surface area contributed by atoms with Crippen LogP contribution < -0.4 is 5.19 Å². The van der Waals surface area contributed by atoms with Crippen LogP contribution in [-0.4, -0.2) is 10.2 Å². The lowest BCUT2D eigenvalue weighted by Gasteiger charge is -1.94. The zero-order valence-electron chi connectivity index (χ0n) is 5.52. The maximum atomic E-state index is 3.42. The first-order valence-corrected chi connectivity index (χ1v) is 3.63. The van der Waals surface area contributed by atoms with E-state index in [1.165, 1.54) is 5.56 Å². The predicted octanol–water partition coefficient (Wildman–Crippen LogP) is 1.04. The highest BCUT2D eigenvalue weighted by molar-refractivity contribution is 6.32. The Balaban J connectivity index is 2.88. The first kappa shape index (κ1) is 6.56. The minimum atomic E-state index is 1.12. The third kappa shape index (κ3) is 1.68. The molecule has 0 aromatic heterocycles. The van der Waals surface area contributed by atoms with Crippen molar-refractivity contribution in [3.05, 3.63) is 29.8 Å². The molecule has 0 nitrogen and oxygen atoms in total. The minimum Gasteiger partial charge on any atom is -0.0673 e. The number of hydrogen-bond donors (Lipinski definition) is 0. The zero-order valence-corrected chi connectivity index (χ0v) is 6.52. The molecule has 0 atom stereocenters. The van der Waals surface area contributed by atoms with E-state index >= 15 is 0 Å². The topological polar surface area (TPSA) is 0 Å². The lowest BCUT2D eigenvalue weighted by molar-refractivity contribution is 1.14. The van der Waals surface area contributed by atoms with Crippen LogP contribution in [0.1, 0.15) is 12.5 Å². The van der Waals surface area contributed by atoms with E-state index in [1.807, 2.05) is 0 Å². The lowest BCUT2D eigenvalue weighted by Crippen LogP contribution is -1.99. The molecule has 0 aliphatic heterocycles. The number of hydrogen-bond acceptors (Lipinski definition) is 0. The Kier molecular flexibility index (Phi) is 2.06. The largest absolute Gasteiger partial charge is 0.0711 e. The predicted molar refractivity (Wildman–Crippen MR) is 41.2 cm³/mol. The molecular formula is C8H9Si. The van der Waals surface area contributed by atoms with E-state index in [-0.39, 0.29) is 0 Å². The van der Waals surface area contributed by atoms with Crippen LogP contribution in [0.25, 0.3) is 0 Å². The van der Waals surface area contributed by atoms with Crippen LogP contribution in [0.2, 0.25) is 0 Å². The van der Waals surface area contributed by atoms with Gasteiger partial charge in [-0.05, 0) is 12.0 Å². The fourth-order valence-corrected chi connectivity index (χ4v) is 0.907. The van der Waals surface area contributed by atoms with E-state index in [0.29, 0.717) is 0 Å². The first-order chi connectivity index (χ1) is 4.33. The summed E-state index contributed by atoms with van der Waals surface area (Å²) >= 11 is 0. The van der Waals surface area contributed by atoms with E-state index in [9.17, 15) is 0 Å². The minimum absolute atomic E-state index is 1.12. The highest BCUT2D eigenvalue weighted by atomic mass is 28.1. The van der Waals surface area contributed by atoms with Crippen molar-refractivity contribution in [3.8, 4) is 0 Å². The second-order valence-corrected chi connectivity index (χ2v) is 2.63. The maximum absolute atomic E-state index is 3.42. The van der Waals surface area contributed by atoms with Crippen molar-refractivity contribution in [2.45, 2.75) is 13.3 Å². The SMILES string of the molecule is CCc1ccc([Si])cc1. The highest BCUT2D eigenvalue weighted by Gasteiger charge is 1.84. The van der Waals surface area contributed by atoms with Crippen molar-refractivity contribution in [3.63, 3.8) is 0 Å². The molecule has 45 valence electrons. The normalized spacial score (nSPS) is 9.56. The number of aryl methyl sites for hydroxylation is 1. The Labute approximate surface area is 59.3 Å². The third-order valence-electron chi connectivity index (χ3n) is 1.36. The molecule has 1 aromatic carbocycles. The van der Waals surface area contributed by atoms with Gasteiger partial charge in [0.05, 0.1) is 10.2 Å². The second-order valence-electron chi connectivity index (χ2n) is 2.05. The van der Waals surface area contributed by atoms with Gasteiger partial charge in [-0.3, -0.25) is 0 Å². The molecule has 0 saturated carbocycles. The van der Waals surface area contributed by atoms with Gasteiger partial charge < -0.3 is 0 Å². The van der Waals surface area contributed by atoms with Gasteiger partial charge in [0.15, 0.2) is 0 Å². The standard InChI is InChI=1S/C8H9Si/c1-2-7-3-5-8(9)6-4-7/h3-6H,2H2,1H3. The van der Waals surface area contributed by atoms with Gasteiger partial charge in [-0.15, -0.1) is 0 Å². The fraction of sp³-hybridized carbons (Fsp3) is 0.250. The Morgan fingerprint density at radius 3 is 2.22 bits per heavy atom. The fourth-order valence-electron chi connectivity index (χ4n) is 0.740. The summed E-state index contributed by atoms with van der Waals surface area (Å²) in [5.74, 6) is 0.